The largest absolute Gasteiger partial charge is 0.328 e. The molecular weight excluding hydrogens is 381 g/mol. The van der Waals surface area contributed by atoms with E-state index in [0.29, 0.717) is 34.6 Å². The molecule has 0 bridgehead atoms. The number of halogens is 1. The zero-order chi connectivity index (χ0) is 23.2. The van der Waals surface area contributed by atoms with E-state index in [1.807, 2.05) is 20.8 Å². The van der Waals surface area contributed by atoms with Gasteiger partial charge < -0.3 is 5.73 Å². The van der Waals surface area contributed by atoms with Gasteiger partial charge >= 0.3 is 0 Å². The molecule has 0 spiro atoms. The van der Waals surface area contributed by atoms with Gasteiger partial charge in [-0.1, -0.05) is 40.2 Å². The molecule has 4 saturated carbocycles. The van der Waals surface area contributed by atoms with E-state index in [0.717, 1.165) is 37.5 Å². The number of hydrogen-bond donors (Lipinski definition) is 1. The molecule has 0 aliphatic heterocycles. The highest BCUT2D eigenvalue weighted by molar-refractivity contribution is 5.15. The molecule has 2 N–H and O–H groups in total. The number of rotatable bonds is 4. The van der Waals surface area contributed by atoms with Gasteiger partial charge in [0.25, 0.3) is 0 Å². The Morgan fingerprint density at radius 3 is 2.29 bits per heavy atom. The first-order chi connectivity index (χ1) is 14.5. The molecule has 10 unspecified atom stereocenters. The third-order valence-electron chi connectivity index (χ3n) is 10.8. The molecule has 4 aliphatic rings. The van der Waals surface area contributed by atoms with Crippen LogP contribution in [0.5, 0.6) is 0 Å². The van der Waals surface area contributed by atoms with Crippen molar-refractivity contribution in [2.24, 2.45) is 52.1 Å². The predicted octanol–water partition coefficient (Wildman–Crippen LogP) is 8.33. The molecular formula is C29H52FN. The number of hydrogen-bond acceptors (Lipinski definition) is 1. The second-order valence-electron chi connectivity index (χ2n) is 12.7. The van der Waals surface area contributed by atoms with Crippen molar-refractivity contribution < 1.29 is 4.39 Å². The smallest absolute Gasteiger partial charge is 0.112 e. The second kappa shape index (κ2) is 9.11. The summed E-state index contributed by atoms with van der Waals surface area (Å²) in [5, 5.41) is 0. The zero-order valence-corrected chi connectivity index (χ0v) is 21.8. The zero-order valence-electron chi connectivity index (χ0n) is 21.8. The summed E-state index contributed by atoms with van der Waals surface area (Å²) >= 11 is 0. The molecule has 0 aromatic carbocycles. The number of allylic oxidation sites excluding steroid dienone is 1. The Bertz CT molecular complexity index is 641. The van der Waals surface area contributed by atoms with Crippen LogP contribution in [0.3, 0.4) is 0 Å². The molecule has 0 radical (unpaired) electrons. The maximum atomic E-state index is 16.4. The lowest BCUT2D eigenvalue weighted by Crippen LogP contribution is -2.61. The van der Waals surface area contributed by atoms with E-state index in [1.54, 1.807) is 0 Å². The van der Waals surface area contributed by atoms with Gasteiger partial charge in [-0.3, -0.25) is 0 Å². The van der Waals surface area contributed by atoms with Crippen LogP contribution in [-0.2, 0) is 0 Å². The van der Waals surface area contributed by atoms with Crippen molar-refractivity contribution in [3.8, 4) is 0 Å². The normalized spacial score (nSPS) is 49.7. The van der Waals surface area contributed by atoms with Crippen molar-refractivity contribution in [3.05, 3.63) is 12.2 Å². The average Bonchev–Trinajstić information content (AvgIpc) is 3.06. The summed E-state index contributed by atoms with van der Waals surface area (Å²) < 4.78 is 16.4. The molecule has 4 fully saturated rings. The van der Waals surface area contributed by atoms with Gasteiger partial charge in [-0.05, 0) is 124 Å². The van der Waals surface area contributed by atoms with Crippen molar-refractivity contribution in [1.82, 2.24) is 0 Å². The summed E-state index contributed by atoms with van der Waals surface area (Å²) in [6.45, 7) is 19.8. The molecule has 10 atom stereocenters. The summed E-state index contributed by atoms with van der Waals surface area (Å²) in [5.41, 5.74) is 7.27. The van der Waals surface area contributed by atoms with Gasteiger partial charge in [-0.15, -0.1) is 6.58 Å². The van der Waals surface area contributed by atoms with Crippen LogP contribution in [0.15, 0.2) is 12.2 Å². The van der Waals surface area contributed by atoms with Gasteiger partial charge in [0.2, 0.25) is 0 Å². The van der Waals surface area contributed by atoms with Crippen LogP contribution in [-0.4, -0.2) is 11.7 Å². The van der Waals surface area contributed by atoms with E-state index >= 15 is 4.39 Å². The Morgan fingerprint density at radius 1 is 1.03 bits per heavy atom. The summed E-state index contributed by atoms with van der Waals surface area (Å²) in [5.74, 6) is 3.36. The minimum absolute atomic E-state index is 0.259. The molecule has 0 saturated heterocycles. The van der Waals surface area contributed by atoms with Crippen molar-refractivity contribution in [2.45, 2.75) is 124 Å². The third kappa shape index (κ3) is 4.29. The van der Waals surface area contributed by atoms with Gasteiger partial charge in [0.05, 0.1) is 0 Å². The highest BCUT2D eigenvalue weighted by Crippen LogP contribution is 2.70. The van der Waals surface area contributed by atoms with Crippen LogP contribution >= 0.6 is 0 Å². The van der Waals surface area contributed by atoms with Crippen LogP contribution in [0.1, 0.15) is 113 Å². The van der Waals surface area contributed by atoms with Crippen molar-refractivity contribution in [1.29, 1.82) is 0 Å². The number of fused-ring (bicyclic) bond motifs is 5. The molecule has 2 heteroatoms. The highest BCUT2D eigenvalue weighted by Gasteiger charge is 2.66. The average molecular weight is 434 g/mol. The van der Waals surface area contributed by atoms with Crippen LogP contribution in [0, 0.1) is 46.3 Å². The fourth-order valence-corrected chi connectivity index (χ4v) is 9.24. The molecule has 1 nitrogen and oxygen atoms in total. The van der Waals surface area contributed by atoms with E-state index in [2.05, 4.69) is 34.3 Å². The fourth-order valence-electron chi connectivity index (χ4n) is 9.24. The van der Waals surface area contributed by atoms with Gasteiger partial charge in [0.1, 0.15) is 5.67 Å². The van der Waals surface area contributed by atoms with E-state index in [1.165, 1.54) is 44.1 Å². The summed E-state index contributed by atoms with van der Waals surface area (Å²) in [7, 11) is 0. The lowest BCUT2D eigenvalue weighted by atomic mass is 9.41. The van der Waals surface area contributed by atoms with E-state index in [-0.39, 0.29) is 5.92 Å². The maximum Gasteiger partial charge on any atom is 0.112 e. The molecule has 0 amide bonds. The van der Waals surface area contributed by atoms with Crippen LogP contribution in [0.25, 0.3) is 0 Å². The Labute approximate surface area is 193 Å². The Kier molecular flexibility index (Phi) is 7.42. The van der Waals surface area contributed by atoms with Crippen molar-refractivity contribution in [3.63, 3.8) is 0 Å². The molecule has 4 rings (SSSR count). The van der Waals surface area contributed by atoms with E-state index < -0.39 is 5.67 Å². The second-order valence-corrected chi connectivity index (χ2v) is 12.7. The maximum absolute atomic E-state index is 16.4. The minimum Gasteiger partial charge on any atom is -0.328 e. The van der Waals surface area contributed by atoms with Gasteiger partial charge in [-0.2, -0.15) is 0 Å². The van der Waals surface area contributed by atoms with E-state index in [4.69, 9.17) is 5.73 Å². The number of alkyl halides is 1. The quantitative estimate of drug-likeness (QED) is 0.443. The Morgan fingerprint density at radius 2 is 1.65 bits per heavy atom. The third-order valence-corrected chi connectivity index (χ3v) is 10.8. The SMILES string of the molecule is C=C(C)CCC(C)C1CCC2C3C(CCC12C)C1(C)CCC(N)CC1CC3(C)F.CC. The highest BCUT2D eigenvalue weighted by atomic mass is 19.1. The number of nitrogens with two attached hydrogens (primary N) is 1. The topological polar surface area (TPSA) is 26.0 Å². The molecule has 4 aliphatic carbocycles. The standard InChI is InChI=1S/C27H46FN.C2H6/c1-17(2)7-8-18(3)21-9-10-22-24-23(12-14-26(21,22)5)25(4)13-11-20(29)15-19(25)16-27(24,6)28;1-2/h18-24H,1,7-16,29H2,2-6H3;1-2H3. The lowest BCUT2D eigenvalue weighted by molar-refractivity contribution is -0.180. The Balaban J connectivity index is 0.00000132. The van der Waals surface area contributed by atoms with Crippen LogP contribution in [0.4, 0.5) is 4.39 Å². The molecule has 180 valence electrons. The van der Waals surface area contributed by atoms with Crippen molar-refractivity contribution >= 4 is 0 Å². The Hall–Kier alpha value is -0.370. The predicted molar refractivity (Wildman–Crippen MR) is 133 cm³/mol. The molecule has 0 aromatic rings. The first kappa shape index (κ1) is 25.3. The monoisotopic (exact) mass is 433 g/mol. The minimum atomic E-state index is -1.02. The van der Waals surface area contributed by atoms with Gasteiger partial charge in [-0.25, -0.2) is 4.39 Å². The fraction of sp³-hybridized carbons (Fsp3) is 0.931. The van der Waals surface area contributed by atoms with E-state index in [9.17, 15) is 0 Å². The molecule has 31 heavy (non-hydrogen) atoms. The van der Waals surface area contributed by atoms with Crippen LogP contribution in [0.2, 0.25) is 0 Å². The summed E-state index contributed by atoms with van der Waals surface area (Å²) in [6.07, 6.45) is 11.7. The molecule has 0 aromatic heterocycles. The molecule has 0 heterocycles. The first-order valence-electron chi connectivity index (χ1n) is 13.6. The lowest BCUT2D eigenvalue weighted by Gasteiger charge is -2.64. The van der Waals surface area contributed by atoms with Gasteiger partial charge in [0, 0.05) is 6.04 Å². The first-order valence-corrected chi connectivity index (χ1v) is 13.6. The van der Waals surface area contributed by atoms with Crippen LogP contribution < -0.4 is 5.73 Å². The van der Waals surface area contributed by atoms with Crippen molar-refractivity contribution in [2.75, 3.05) is 0 Å². The summed E-state index contributed by atoms with van der Waals surface area (Å²) in [4.78, 5) is 0. The van der Waals surface area contributed by atoms with Gasteiger partial charge in [0.15, 0.2) is 0 Å². The summed E-state index contributed by atoms with van der Waals surface area (Å²) in [6, 6.07) is 0.291.